The first kappa shape index (κ1) is 20.3. The quantitative estimate of drug-likeness (QED) is 0.432. The number of likely N-dealkylation sites (N-methyl/N-ethyl adjacent to an activating group) is 1. The number of nitrogens with zero attached hydrogens (tertiary/aromatic N) is 1. The fourth-order valence-corrected chi connectivity index (χ4v) is 2.19. The summed E-state index contributed by atoms with van der Waals surface area (Å²) in [7, 11) is 1.36. The van der Waals surface area contributed by atoms with Crippen LogP contribution in [-0.4, -0.2) is 31.7 Å². The van der Waals surface area contributed by atoms with E-state index in [9.17, 15) is 9.59 Å². The molecule has 0 radical (unpaired) electrons. The van der Waals surface area contributed by atoms with E-state index in [1.165, 1.54) is 13.3 Å². The van der Waals surface area contributed by atoms with Gasteiger partial charge in [-0.3, -0.25) is 9.59 Å². The van der Waals surface area contributed by atoms with Gasteiger partial charge in [0.2, 0.25) is 0 Å². The third-order valence-corrected chi connectivity index (χ3v) is 3.64. The van der Waals surface area contributed by atoms with Crippen molar-refractivity contribution in [1.82, 2.24) is 10.7 Å². The number of hydrazone groups is 1. The molecule has 0 atom stereocenters. The largest absolute Gasteiger partial charge is 0.490 e. The number of nitrogens with one attached hydrogen (secondary N) is 2. The molecule has 7 nitrogen and oxygen atoms in total. The molecule has 0 aromatic heterocycles. The van der Waals surface area contributed by atoms with E-state index in [1.807, 2.05) is 19.1 Å². The van der Waals surface area contributed by atoms with Crippen LogP contribution in [-0.2, 0) is 16.2 Å². The van der Waals surface area contributed by atoms with Gasteiger partial charge in [0.15, 0.2) is 11.5 Å². The topological polar surface area (TPSA) is 89.0 Å². The van der Waals surface area contributed by atoms with Crippen LogP contribution in [0.3, 0.4) is 0 Å². The normalized spacial score (nSPS) is 10.5. The highest BCUT2D eigenvalue weighted by Gasteiger charge is 2.09. The van der Waals surface area contributed by atoms with E-state index in [1.54, 1.807) is 30.3 Å². The van der Waals surface area contributed by atoms with E-state index in [-0.39, 0.29) is 0 Å². The van der Waals surface area contributed by atoms with Crippen LogP contribution < -0.4 is 20.2 Å². The Labute approximate surface area is 162 Å². The predicted molar refractivity (Wildman–Crippen MR) is 103 cm³/mol. The molecular weight excluding hydrogens is 370 g/mol. The summed E-state index contributed by atoms with van der Waals surface area (Å²) >= 11 is 5.88. The van der Waals surface area contributed by atoms with Crippen molar-refractivity contribution in [3.05, 3.63) is 58.6 Å². The summed E-state index contributed by atoms with van der Waals surface area (Å²) in [5, 5.41) is 6.63. The number of hydrogen-bond donors (Lipinski definition) is 2. The Kier molecular flexibility index (Phi) is 7.63. The maximum absolute atomic E-state index is 11.3. The van der Waals surface area contributed by atoms with E-state index in [2.05, 4.69) is 15.8 Å². The van der Waals surface area contributed by atoms with Gasteiger partial charge >= 0.3 is 11.8 Å². The van der Waals surface area contributed by atoms with Crippen molar-refractivity contribution in [1.29, 1.82) is 0 Å². The van der Waals surface area contributed by atoms with Gasteiger partial charge in [-0.05, 0) is 48.4 Å². The monoisotopic (exact) mass is 389 g/mol. The highest BCUT2D eigenvalue weighted by Crippen LogP contribution is 2.29. The molecule has 0 heterocycles. The summed E-state index contributed by atoms with van der Waals surface area (Å²) in [5.41, 5.74) is 3.79. The van der Waals surface area contributed by atoms with Crippen LogP contribution in [0.25, 0.3) is 0 Å². The second kappa shape index (κ2) is 10.2. The molecule has 0 spiro atoms. The minimum Gasteiger partial charge on any atom is -0.490 e. The van der Waals surface area contributed by atoms with Crippen molar-refractivity contribution >= 4 is 29.6 Å². The Morgan fingerprint density at radius 3 is 2.48 bits per heavy atom. The summed E-state index contributed by atoms with van der Waals surface area (Å²) < 4.78 is 11.4. The first-order valence-electron chi connectivity index (χ1n) is 8.22. The molecular formula is C19H20ClN3O4. The molecule has 8 heteroatoms. The molecule has 27 heavy (non-hydrogen) atoms. The van der Waals surface area contributed by atoms with Crippen LogP contribution >= 0.6 is 11.6 Å². The lowest BCUT2D eigenvalue weighted by atomic mass is 10.2. The van der Waals surface area contributed by atoms with Crippen molar-refractivity contribution in [2.24, 2.45) is 5.10 Å². The van der Waals surface area contributed by atoms with Crippen molar-refractivity contribution in [2.45, 2.75) is 13.5 Å². The number of halogens is 1. The summed E-state index contributed by atoms with van der Waals surface area (Å²) in [5.74, 6) is -0.485. The number of hydrogen-bond acceptors (Lipinski definition) is 5. The minimum atomic E-state index is -0.846. The molecule has 0 saturated heterocycles. The molecule has 2 rings (SSSR count). The zero-order chi connectivity index (χ0) is 19.6. The zero-order valence-corrected chi connectivity index (χ0v) is 15.7. The van der Waals surface area contributed by atoms with Crippen molar-refractivity contribution in [3.8, 4) is 11.5 Å². The van der Waals surface area contributed by atoms with E-state index in [0.29, 0.717) is 35.3 Å². The third-order valence-electron chi connectivity index (χ3n) is 3.39. The Hall–Kier alpha value is -3.06. The van der Waals surface area contributed by atoms with Gasteiger partial charge in [0.1, 0.15) is 6.61 Å². The highest BCUT2D eigenvalue weighted by atomic mass is 35.5. The average molecular weight is 390 g/mol. The summed E-state index contributed by atoms with van der Waals surface area (Å²) in [6.45, 7) is 2.70. The summed E-state index contributed by atoms with van der Waals surface area (Å²) in [6, 6.07) is 12.6. The Morgan fingerprint density at radius 2 is 1.81 bits per heavy atom. The van der Waals surface area contributed by atoms with E-state index < -0.39 is 11.8 Å². The van der Waals surface area contributed by atoms with Crippen LogP contribution in [0.2, 0.25) is 5.02 Å². The van der Waals surface area contributed by atoms with Crippen LogP contribution in [0.4, 0.5) is 0 Å². The Morgan fingerprint density at radius 1 is 1.07 bits per heavy atom. The van der Waals surface area contributed by atoms with Gasteiger partial charge in [0.25, 0.3) is 0 Å². The molecule has 142 valence electrons. The van der Waals surface area contributed by atoms with Crippen molar-refractivity contribution in [3.63, 3.8) is 0 Å². The number of ether oxygens (including phenoxy) is 2. The molecule has 0 bridgehead atoms. The number of carbonyl (C=O) groups is 2. The summed E-state index contributed by atoms with van der Waals surface area (Å²) in [6.07, 6.45) is 1.41. The van der Waals surface area contributed by atoms with Crippen molar-refractivity contribution < 1.29 is 19.1 Å². The van der Waals surface area contributed by atoms with Crippen LogP contribution in [0, 0.1) is 0 Å². The minimum absolute atomic E-state index is 0.368. The molecule has 0 aliphatic carbocycles. The van der Waals surface area contributed by atoms with E-state index in [0.717, 1.165) is 5.56 Å². The van der Waals surface area contributed by atoms with Gasteiger partial charge in [-0.1, -0.05) is 23.7 Å². The van der Waals surface area contributed by atoms with Crippen LogP contribution in [0.5, 0.6) is 11.5 Å². The maximum Gasteiger partial charge on any atom is 0.329 e. The van der Waals surface area contributed by atoms with Gasteiger partial charge in [0, 0.05) is 12.1 Å². The number of carbonyl (C=O) groups excluding carboxylic acids is 2. The van der Waals surface area contributed by atoms with Gasteiger partial charge in [-0.2, -0.15) is 5.10 Å². The fraction of sp³-hybridized carbons (Fsp3) is 0.211. The first-order valence-corrected chi connectivity index (χ1v) is 8.60. The molecule has 0 fully saturated rings. The maximum atomic E-state index is 11.3. The summed E-state index contributed by atoms with van der Waals surface area (Å²) in [4.78, 5) is 22.4. The average Bonchev–Trinajstić information content (AvgIpc) is 2.68. The molecule has 2 aromatic rings. The fourth-order valence-electron chi connectivity index (χ4n) is 2.06. The number of amides is 2. The molecule has 0 unspecified atom stereocenters. The van der Waals surface area contributed by atoms with Gasteiger partial charge in [-0.15, -0.1) is 0 Å². The van der Waals surface area contributed by atoms with E-state index in [4.69, 9.17) is 21.1 Å². The van der Waals surface area contributed by atoms with Gasteiger partial charge in [0.05, 0.1) is 12.8 Å². The Balaban J connectivity index is 2.05. The lowest BCUT2D eigenvalue weighted by Gasteiger charge is -2.12. The van der Waals surface area contributed by atoms with Crippen LogP contribution in [0.15, 0.2) is 47.6 Å². The first-order chi connectivity index (χ1) is 13.0. The predicted octanol–water partition coefficient (Wildman–Crippen LogP) is 2.51. The second-order valence-electron chi connectivity index (χ2n) is 5.33. The molecule has 2 N–H and O–H groups in total. The van der Waals surface area contributed by atoms with Crippen molar-refractivity contribution in [2.75, 3.05) is 13.7 Å². The standard InChI is InChI=1S/C19H20ClN3O4/c1-3-26-17-10-14(11-22-23-19(25)18(24)21-2)6-9-16(17)27-12-13-4-7-15(20)8-5-13/h4-11H,3,12H2,1-2H3,(H,21,24)(H,23,25)/b22-11-. The Bertz CT molecular complexity index is 822. The van der Waals surface area contributed by atoms with Gasteiger partial charge in [-0.25, -0.2) is 5.43 Å². The van der Waals surface area contributed by atoms with Gasteiger partial charge < -0.3 is 14.8 Å². The third kappa shape index (κ3) is 6.31. The lowest BCUT2D eigenvalue weighted by molar-refractivity contribution is -0.138. The SMILES string of the molecule is CCOc1cc(/C=N\NC(=O)C(=O)NC)ccc1OCc1ccc(Cl)cc1. The number of rotatable bonds is 7. The smallest absolute Gasteiger partial charge is 0.329 e. The molecule has 2 aromatic carbocycles. The molecule has 0 aliphatic rings. The van der Waals surface area contributed by atoms with Crippen LogP contribution in [0.1, 0.15) is 18.1 Å². The highest BCUT2D eigenvalue weighted by molar-refractivity contribution is 6.35. The number of benzene rings is 2. The zero-order valence-electron chi connectivity index (χ0n) is 15.0. The molecule has 2 amide bonds. The second-order valence-corrected chi connectivity index (χ2v) is 5.77. The lowest BCUT2D eigenvalue weighted by Crippen LogP contribution is -2.35. The molecule has 0 aliphatic heterocycles. The van der Waals surface area contributed by atoms with E-state index >= 15 is 0 Å². The molecule has 0 saturated carbocycles.